The first-order chi connectivity index (χ1) is 5.45. The molecule has 0 atom stereocenters. The van der Waals surface area contributed by atoms with Gasteiger partial charge in [0.15, 0.2) is 0 Å². The summed E-state index contributed by atoms with van der Waals surface area (Å²) in [5, 5.41) is 7.93. The number of aromatic nitrogens is 3. The van der Waals surface area contributed by atoms with E-state index in [0.717, 1.165) is 0 Å². The first-order valence-electron chi connectivity index (χ1n) is 3.36. The van der Waals surface area contributed by atoms with Crippen LogP contribution in [0.4, 0.5) is 0 Å². The Morgan fingerprint density at radius 3 is 3.09 bits per heavy atom. The third-order valence-electron chi connectivity index (χ3n) is 1.48. The van der Waals surface area contributed by atoms with Crippen LogP contribution in [-0.2, 0) is 0 Å². The van der Waals surface area contributed by atoms with Crippen LogP contribution >= 0.6 is 0 Å². The molecule has 1 aromatic heterocycles. The summed E-state index contributed by atoms with van der Waals surface area (Å²) < 4.78 is 1.79. The molecule has 2 rings (SSSR count). The highest BCUT2D eigenvalue weighted by Crippen LogP contribution is 1.84. The molecule has 0 fully saturated rings. The number of hydrogen-bond donors (Lipinski definition) is 0. The molecule has 2 heterocycles. The fourth-order valence-corrected chi connectivity index (χ4v) is 0.951. The molecular formula is C4H6BN6. The molecule has 1 aliphatic rings. The van der Waals surface area contributed by atoms with E-state index in [-0.39, 0.29) is 0 Å². The van der Waals surface area contributed by atoms with E-state index in [1.807, 2.05) is 0 Å². The van der Waals surface area contributed by atoms with Crippen molar-refractivity contribution in [3.63, 3.8) is 0 Å². The van der Waals surface area contributed by atoms with E-state index in [4.69, 9.17) is 0 Å². The molecule has 0 bridgehead atoms. The van der Waals surface area contributed by atoms with Crippen molar-refractivity contribution in [2.75, 3.05) is 0 Å². The standard InChI is InChI=1S/C4H6BN6/c1-6-3-10(8-1)5-11-4-7-2-9-11/h1-4H,5H2. The van der Waals surface area contributed by atoms with Crippen molar-refractivity contribution in [1.29, 1.82) is 0 Å². The molecule has 0 unspecified atom stereocenters. The average Bonchev–Trinajstić information content (AvgIpc) is 2.60. The first kappa shape index (κ1) is 6.08. The Balaban J connectivity index is 2.01. The van der Waals surface area contributed by atoms with Crippen molar-refractivity contribution in [2.24, 2.45) is 5.10 Å². The van der Waals surface area contributed by atoms with Gasteiger partial charge in [-0.15, -0.1) is 0 Å². The van der Waals surface area contributed by atoms with Crippen molar-refractivity contribution in [3.05, 3.63) is 12.7 Å². The number of nitrogens with zero attached hydrogens (tertiary/aromatic N) is 6. The zero-order valence-electron chi connectivity index (χ0n) is 5.99. The Bertz CT molecular complexity index is 265. The molecule has 0 saturated heterocycles. The lowest BCUT2D eigenvalue weighted by atomic mass is 10.2. The maximum absolute atomic E-state index is 3.96. The molecule has 0 spiro atoms. The Morgan fingerprint density at radius 1 is 1.45 bits per heavy atom. The molecule has 0 aliphatic carbocycles. The molecule has 7 heteroatoms. The predicted molar refractivity (Wildman–Crippen MR) is 42.5 cm³/mol. The molecule has 0 N–H and O–H groups in total. The van der Waals surface area contributed by atoms with Crippen molar-refractivity contribution in [1.82, 2.24) is 24.6 Å². The lowest BCUT2D eigenvalue weighted by Crippen LogP contribution is -2.26. The largest absolute Gasteiger partial charge is 0.395 e. The second kappa shape index (κ2) is 2.53. The van der Waals surface area contributed by atoms with Gasteiger partial charge in [-0.05, 0) is 5.10 Å². The number of aliphatic imine (C=N–C) groups is 1. The minimum Gasteiger partial charge on any atom is -0.395 e. The van der Waals surface area contributed by atoms with E-state index >= 15 is 0 Å². The van der Waals surface area contributed by atoms with E-state index in [0.29, 0.717) is 0 Å². The van der Waals surface area contributed by atoms with Gasteiger partial charge >= 0.3 is 0 Å². The second-order valence-corrected chi connectivity index (χ2v) is 2.34. The highest BCUT2D eigenvalue weighted by Gasteiger charge is 2.05. The first-order valence-corrected chi connectivity index (χ1v) is 3.36. The van der Waals surface area contributed by atoms with E-state index in [1.54, 1.807) is 22.2 Å². The summed E-state index contributed by atoms with van der Waals surface area (Å²) in [7, 11) is -0.542. The SMILES string of the molecule is [BH2-](N1C=[N+]C=N1)n1cncn1. The van der Waals surface area contributed by atoms with E-state index in [1.165, 1.54) is 12.7 Å². The Labute approximate surface area is 63.5 Å². The molecular weight excluding hydrogens is 143 g/mol. The summed E-state index contributed by atoms with van der Waals surface area (Å²) in [6.07, 6.45) is 6.39. The van der Waals surface area contributed by atoms with Gasteiger partial charge in [-0.25, -0.2) is 10.1 Å². The lowest BCUT2D eigenvalue weighted by Gasteiger charge is -2.07. The van der Waals surface area contributed by atoms with Crippen LogP contribution in [0.5, 0.6) is 0 Å². The van der Waals surface area contributed by atoms with Crippen LogP contribution in [0.1, 0.15) is 0 Å². The normalized spacial score (nSPS) is 14.7. The Morgan fingerprint density at radius 2 is 2.45 bits per heavy atom. The zero-order valence-corrected chi connectivity index (χ0v) is 5.99. The minimum atomic E-state index is -0.542. The van der Waals surface area contributed by atoms with E-state index in [9.17, 15) is 0 Å². The number of hydrazone groups is 1. The molecule has 6 nitrogen and oxygen atoms in total. The lowest BCUT2D eigenvalue weighted by molar-refractivity contribution is 0.705. The molecule has 55 valence electrons. The van der Waals surface area contributed by atoms with Gasteiger partial charge in [0, 0.05) is 0 Å². The van der Waals surface area contributed by atoms with Gasteiger partial charge in [0.05, 0.1) is 6.33 Å². The monoisotopic (exact) mass is 149 g/mol. The van der Waals surface area contributed by atoms with Gasteiger partial charge in [-0.1, -0.05) is 4.99 Å². The predicted octanol–water partition coefficient (Wildman–Crippen LogP) is -2.25. The van der Waals surface area contributed by atoms with Gasteiger partial charge < -0.3 is 4.59 Å². The van der Waals surface area contributed by atoms with Gasteiger partial charge in [0.25, 0.3) is 13.9 Å². The summed E-state index contributed by atoms with van der Waals surface area (Å²) >= 11 is 0. The van der Waals surface area contributed by atoms with Crippen LogP contribution in [0, 0.1) is 0 Å². The van der Waals surface area contributed by atoms with Crippen LogP contribution in [0.2, 0.25) is 0 Å². The maximum atomic E-state index is 3.96. The fourth-order valence-electron chi connectivity index (χ4n) is 0.951. The average molecular weight is 149 g/mol. The summed E-state index contributed by atoms with van der Waals surface area (Å²) in [5.41, 5.74) is 0. The molecule has 1 aromatic rings. The molecule has 11 heavy (non-hydrogen) atoms. The third kappa shape index (κ3) is 1.26. The molecule has 0 saturated carbocycles. The second-order valence-electron chi connectivity index (χ2n) is 2.34. The molecule has 1 aliphatic heterocycles. The van der Waals surface area contributed by atoms with Crippen LogP contribution < -0.4 is 4.99 Å². The highest BCUT2D eigenvalue weighted by atomic mass is 15.5. The van der Waals surface area contributed by atoms with E-state index < -0.39 is 7.55 Å². The van der Waals surface area contributed by atoms with Crippen molar-refractivity contribution < 1.29 is 0 Å². The molecule has 1 radical (unpaired) electrons. The fraction of sp³-hybridized carbons (Fsp3) is 0. The van der Waals surface area contributed by atoms with Crippen LogP contribution in [0.3, 0.4) is 0 Å². The summed E-state index contributed by atoms with van der Waals surface area (Å²) in [6.45, 7) is 0. The smallest absolute Gasteiger partial charge is 0.294 e. The number of hydrogen-bond acceptors (Lipinski definition) is 5. The zero-order chi connectivity index (χ0) is 7.52. The topological polar surface area (TPSA) is 60.4 Å². The van der Waals surface area contributed by atoms with Crippen molar-refractivity contribution in [2.45, 2.75) is 0 Å². The summed E-state index contributed by atoms with van der Waals surface area (Å²) in [5.74, 6) is 0. The summed E-state index contributed by atoms with van der Waals surface area (Å²) in [4.78, 5) is 9.43. The quantitative estimate of drug-likeness (QED) is 0.446. The minimum absolute atomic E-state index is 0.542. The molecule has 0 aromatic carbocycles. The maximum Gasteiger partial charge on any atom is 0.294 e. The van der Waals surface area contributed by atoms with Gasteiger partial charge in [0.1, 0.15) is 6.33 Å². The van der Waals surface area contributed by atoms with Gasteiger partial charge in [-0.2, -0.15) is 0 Å². The van der Waals surface area contributed by atoms with Gasteiger partial charge in [0.2, 0.25) is 6.34 Å². The Kier molecular flexibility index (Phi) is 1.40. The van der Waals surface area contributed by atoms with Gasteiger partial charge in [-0.3, -0.25) is 4.92 Å². The molecule has 0 amide bonds. The third-order valence-corrected chi connectivity index (χ3v) is 1.48. The summed E-state index contributed by atoms with van der Waals surface area (Å²) in [6, 6.07) is 0. The van der Waals surface area contributed by atoms with Crippen molar-refractivity contribution >= 4 is 20.2 Å². The highest BCUT2D eigenvalue weighted by molar-refractivity contribution is 6.33. The van der Waals surface area contributed by atoms with Crippen LogP contribution in [0.25, 0.3) is 0 Å². The van der Waals surface area contributed by atoms with Crippen LogP contribution in [-0.4, -0.2) is 39.8 Å². The number of rotatable bonds is 2. The Hall–Kier alpha value is -1.66. The van der Waals surface area contributed by atoms with Crippen molar-refractivity contribution in [3.8, 4) is 0 Å². The van der Waals surface area contributed by atoms with E-state index in [2.05, 4.69) is 20.2 Å². The van der Waals surface area contributed by atoms with Crippen LogP contribution in [0.15, 0.2) is 17.8 Å².